The maximum atomic E-state index is 5.51. The Balaban J connectivity index is 1.98. The molecule has 3 aliphatic carbocycles. The monoisotopic (exact) mass is 190 g/mol. The van der Waals surface area contributed by atoms with Crippen molar-refractivity contribution in [2.75, 3.05) is 7.11 Å². The fourth-order valence-corrected chi connectivity index (χ4v) is 3.69. The molecule has 0 unspecified atom stereocenters. The summed E-state index contributed by atoms with van der Waals surface area (Å²) in [7, 11) is 1.81. The third-order valence-corrected chi connectivity index (χ3v) is 4.58. The molecule has 0 bridgehead atoms. The summed E-state index contributed by atoms with van der Waals surface area (Å²) >= 11 is 0. The van der Waals surface area contributed by atoms with Gasteiger partial charge in [0, 0.05) is 5.92 Å². The maximum absolute atomic E-state index is 5.51. The van der Waals surface area contributed by atoms with Gasteiger partial charge in [0.1, 0.15) is 0 Å². The smallest absolute Gasteiger partial charge is 0.0990 e. The topological polar surface area (TPSA) is 9.23 Å². The van der Waals surface area contributed by atoms with Crippen LogP contribution in [-0.4, -0.2) is 7.11 Å². The fourth-order valence-electron chi connectivity index (χ4n) is 3.69. The first-order chi connectivity index (χ1) is 6.66. The number of rotatable bonds is 1. The van der Waals surface area contributed by atoms with Crippen molar-refractivity contribution in [3.63, 3.8) is 0 Å². The standard InChI is InChI=1S/C13H18O/c1-13(2)10-7-11(14-3)8-5-4-6-9(8)12(10)13/h4-5,7-10,12H,6H2,1-3H3/t8-,9+,10+,12-/m0/s1. The highest BCUT2D eigenvalue weighted by atomic mass is 16.5. The van der Waals surface area contributed by atoms with E-state index < -0.39 is 0 Å². The number of hydrogen-bond donors (Lipinski definition) is 0. The Labute approximate surface area is 85.8 Å². The Bertz CT molecular complexity index is 324. The molecule has 0 saturated heterocycles. The molecular weight excluding hydrogens is 172 g/mol. The van der Waals surface area contributed by atoms with E-state index in [1.807, 2.05) is 7.11 Å². The fraction of sp³-hybridized carbons (Fsp3) is 0.692. The second-order valence-electron chi connectivity index (χ2n) is 5.50. The van der Waals surface area contributed by atoms with Crippen molar-refractivity contribution in [3.8, 4) is 0 Å². The molecule has 3 rings (SSSR count). The zero-order valence-electron chi connectivity index (χ0n) is 9.16. The van der Waals surface area contributed by atoms with Crippen LogP contribution in [0, 0.1) is 29.1 Å². The molecule has 76 valence electrons. The Morgan fingerprint density at radius 2 is 2.21 bits per heavy atom. The summed E-state index contributed by atoms with van der Waals surface area (Å²) in [5.41, 5.74) is 0.523. The van der Waals surface area contributed by atoms with Crippen molar-refractivity contribution in [2.24, 2.45) is 29.1 Å². The molecule has 0 N–H and O–H groups in total. The van der Waals surface area contributed by atoms with Crippen LogP contribution in [0.4, 0.5) is 0 Å². The Kier molecular flexibility index (Phi) is 1.50. The molecule has 0 radical (unpaired) electrons. The highest BCUT2D eigenvalue weighted by molar-refractivity contribution is 5.30. The predicted molar refractivity (Wildman–Crippen MR) is 56.6 cm³/mol. The molecule has 1 fully saturated rings. The highest BCUT2D eigenvalue weighted by Gasteiger charge is 2.63. The van der Waals surface area contributed by atoms with Gasteiger partial charge in [-0.05, 0) is 35.7 Å². The molecule has 0 spiro atoms. The van der Waals surface area contributed by atoms with Gasteiger partial charge in [0.15, 0.2) is 0 Å². The van der Waals surface area contributed by atoms with Crippen LogP contribution in [0.5, 0.6) is 0 Å². The molecule has 14 heavy (non-hydrogen) atoms. The predicted octanol–water partition coefficient (Wildman–Crippen LogP) is 2.99. The number of allylic oxidation sites excluding steroid dienone is 3. The molecular formula is C13H18O. The first-order valence-electron chi connectivity index (χ1n) is 5.58. The van der Waals surface area contributed by atoms with Crippen molar-refractivity contribution >= 4 is 0 Å². The second-order valence-corrected chi connectivity index (χ2v) is 5.50. The molecule has 1 nitrogen and oxygen atoms in total. The zero-order chi connectivity index (χ0) is 9.92. The molecule has 4 atom stereocenters. The summed E-state index contributed by atoms with van der Waals surface area (Å²) in [5, 5.41) is 0. The van der Waals surface area contributed by atoms with Crippen LogP contribution >= 0.6 is 0 Å². The van der Waals surface area contributed by atoms with E-state index in [1.165, 1.54) is 12.2 Å². The highest BCUT2D eigenvalue weighted by Crippen LogP contribution is 2.68. The van der Waals surface area contributed by atoms with E-state index in [0.717, 1.165) is 17.8 Å². The van der Waals surface area contributed by atoms with E-state index >= 15 is 0 Å². The van der Waals surface area contributed by atoms with Crippen LogP contribution in [0.25, 0.3) is 0 Å². The van der Waals surface area contributed by atoms with Gasteiger partial charge >= 0.3 is 0 Å². The van der Waals surface area contributed by atoms with Gasteiger partial charge in [0.25, 0.3) is 0 Å². The summed E-state index contributed by atoms with van der Waals surface area (Å²) in [6, 6.07) is 0. The molecule has 0 aromatic rings. The van der Waals surface area contributed by atoms with Gasteiger partial charge in [-0.25, -0.2) is 0 Å². The first kappa shape index (κ1) is 8.58. The average Bonchev–Trinajstić information content (AvgIpc) is 2.58. The number of fused-ring (bicyclic) bond motifs is 3. The largest absolute Gasteiger partial charge is 0.501 e. The quantitative estimate of drug-likeness (QED) is 0.577. The van der Waals surface area contributed by atoms with E-state index in [1.54, 1.807) is 0 Å². The molecule has 3 aliphatic rings. The van der Waals surface area contributed by atoms with Crippen LogP contribution in [0.15, 0.2) is 24.0 Å². The minimum Gasteiger partial charge on any atom is -0.501 e. The van der Waals surface area contributed by atoms with E-state index in [0.29, 0.717) is 11.3 Å². The second kappa shape index (κ2) is 2.44. The van der Waals surface area contributed by atoms with Crippen LogP contribution in [-0.2, 0) is 4.74 Å². The molecule has 1 heteroatoms. The van der Waals surface area contributed by atoms with Crippen molar-refractivity contribution in [3.05, 3.63) is 24.0 Å². The lowest BCUT2D eigenvalue weighted by molar-refractivity contribution is 0.206. The molecule has 0 aromatic heterocycles. The van der Waals surface area contributed by atoms with Gasteiger partial charge in [-0.2, -0.15) is 0 Å². The van der Waals surface area contributed by atoms with E-state index in [2.05, 4.69) is 32.1 Å². The zero-order valence-corrected chi connectivity index (χ0v) is 9.16. The van der Waals surface area contributed by atoms with Crippen molar-refractivity contribution in [2.45, 2.75) is 20.3 Å². The number of hydrogen-bond acceptors (Lipinski definition) is 1. The van der Waals surface area contributed by atoms with Crippen molar-refractivity contribution in [1.29, 1.82) is 0 Å². The molecule has 1 saturated carbocycles. The van der Waals surface area contributed by atoms with E-state index in [4.69, 9.17) is 4.74 Å². The van der Waals surface area contributed by atoms with Gasteiger partial charge in [0.2, 0.25) is 0 Å². The molecule has 0 heterocycles. The minimum absolute atomic E-state index is 0.523. The van der Waals surface area contributed by atoms with E-state index in [-0.39, 0.29) is 0 Å². The third kappa shape index (κ3) is 0.858. The van der Waals surface area contributed by atoms with Crippen LogP contribution in [0.3, 0.4) is 0 Å². The van der Waals surface area contributed by atoms with Gasteiger partial charge < -0.3 is 4.74 Å². The number of ether oxygens (including phenoxy) is 1. The average molecular weight is 190 g/mol. The Morgan fingerprint density at radius 1 is 1.43 bits per heavy atom. The molecule has 0 aliphatic heterocycles. The lowest BCUT2D eigenvalue weighted by Gasteiger charge is -2.25. The SMILES string of the molecule is COC1=C[C@@H]2[C@H]([C@@H]3CC=C[C@H]13)C2(C)C. The van der Waals surface area contributed by atoms with Gasteiger partial charge in [-0.15, -0.1) is 0 Å². The lowest BCUT2D eigenvalue weighted by atomic mass is 9.83. The lowest BCUT2D eigenvalue weighted by Crippen LogP contribution is -2.19. The summed E-state index contributed by atoms with van der Waals surface area (Å²) in [6.45, 7) is 4.79. The van der Waals surface area contributed by atoms with Gasteiger partial charge in [-0.3, -0.25) is 0 Å². The third-order valence-electron chi connectivity index (χ3n) is 4.58. The Morgan fingerprint density at radius 3 is 2.93 bits per heavy atom. The molecule has 0 amide bonds. The Hall–Kier alpha value is -0.720. The van der Waals surface area contributed by atoms with Crippen LogP contribution in [0.2, 0.25) is 0 Å². The van der Waals surface area contributed by atoms with Crippen molar-refractivity contribution in [1.82, 2.24) is 0 Å². The molecule has 0 aromatic carbocycles. The normalized spacial score (nSPS) is 46.6. The summed E-state index contributed by atoms with van der Waals surface area (Å²) < 4.78 is 5.51. The summed E-state index contributed by atoms with van der Waals surface area (Å²) in [6.07, 6.45) is 8.31. The van der Waals surface area contributed by atoms with Gasteiger partial charge in [-0.1, -0.05) is 26.0 Å². The maximum Gasteiger partial charge on any atom is 0.0990 e. The van der Waals surface area contributed by atoms with Gasteiger partial charge in [0.05, 0.1) is 12.9 Å². The van der Waals surface area contributed by atoms with E-state index in [9.17, 15) is 0 Å². The summed E-state index contributed by atoms with van der Waals surface area (Å²) in [4.78, 5) is 0. The number of methoxy groups -OCH3 is 1. The first-order valence-corrected chi connectivity index (χ1v) is 5.58. The van der Waals surface area contributed by atoms with Crippen LogP contribution < -0.4 is 0 Å². The van der Waals surface area contributed by atoms with Crippen molar-refractivity contribution < 1.29 is 4.74 Å². The minimum atomic E-state index is 0.523. The summed E-state index contributed by atoms with van der Waals surface area (Å²) in [5.74, 6) is 4.31. The van der Waals surface area contributed by atoms with Crippen LogP contribution in [0.1, 0.15) is 20.3 Å².